The highest BCUT2D eigenvalue weighted by Crippen LogP contribution is 2.12. The minimum absolute atomic E-state index is 0.0371. The average Bonchev–Trinajstić information content (AvgIpc) is 2.51. The largest absolute Gasteiger partial charge is 0.506 e. The fourth-order valence-electron chi connectivity index (χ4n) is 1.85. The molecule has 0 aliphatic heterocycles. The van der Waals surface area contributed by atoms with Gasteiger partial charge in [0.15, 0.2) is 0 Å². The highest BCUT2D eigenvalue weighted by atomic mass is 16.3. The second-order valence-electron chi connectivity index (χ2n) is 4.46. The van der Waals surface area contributed by atoms with E-state index in [2.05, 4.69) is 10.3 Å². The third-order valence-corrected chi connectivity index (χ3v) is 2.87. The normalized spacial score (nSPS) is 12.2. The molecule has 0 aliphatic carbocycles. The SMILES string of the molecule is O=C(/C=C/c1cncc(O)c1)NC(CO)c1ccccc1. The highest BCUT2D eigenvalue weighted by Gasteiger charge is 2.11. The van der Waals surface area contributed by atoms with E-state index in [-0.39, 0.29) is 18.3 Å². The van der Waals surface area contributed by atoms with Gasteiger partial charge in [-0.25, -0.2) is 0 Å². The monoisotopic (exact) mass is 284 g/mol. The first-order chi connectivity index (χ1) is 10.2. The first kappa shape index (κ1) is 14.7. The van der Waals surface area contributed by atoms with E-state index in [1.807, 2.05) is 30.3 Å². The van der Waals surface area contributed by atoms with Gasteiger partial charge in [0.25, 0.3) is 0 Å². The number of aliphatic hydroxyl groups excluding tert-OH is 1. The maximum atomic E-state index is 11.9. The van der Waals surface area contributed by atoms with Crippen LogP contribution < -0.4 is 5.32 Å². The van der Waals surface area contributed by atoms with Gasteiger partial charge in [0.05, 0.1) is 18.8 Å². The summed E-state index contributed by atoms with van der Waals surface area (Å²) in [6.07, 6.45) is 5.72. The number of carbonyl (C=O) groups excluding carboxylic acids is 1. The molecule has 1 unspecified atom stereocenters. The molecule has 0 aliphatic rings. The van der Waals surface area contributed by atoms with Gasteiger partial charge in [-0.2, -0.15) is 0 Å². The zero-order valence-electron chi connectivity index (χ0n) is 11.3. The van der Waals surface area contributed by atoms with Crippen molar-refractivity contribution in [2.75, 3.05) is 6.61 Å². The van der Waals surface area contributed by atoms with Gasteiger partial charge >= 0.3 is 0 Å². The number of amides is 1. The fraction of sp³-hybridized carbons (Fsp3) is 0.125. The van der Waals surface area contributed by atoms with Gasteiger partial charge < -0.3 is 15.5 Å². The Labute approximate surface area is 122 Å². The average molecular weight is 284 g/mol. The van der Waals surface area contributed by atoms with E-state index >= 15 is 0 Å². The molecular formula is C16H16N2O3. The molecule has 0 radical (unpaired) electrons. The van der Waals surface area contributed by atoms with E-state index in [1.54, 1.807) is 6.08 Å². The van der Waals surface area contributed by atoms with E-state index in [0.29, 0.717) is 5.56 Å². The molecule has 1 heterocycles. The van der Waals surface area contributed by atoms with Crippen molar-refractivity contribution >= 4 is 12.0 Å². The van der Waals surface area contributed by atoms with Crippen molar-refractivity contribution in [3.8, 4) is 5.75 Å². The van der Waals surface area contributed by atoms with E-state index in [0.717, 1.165) is 5.56 Å². The molecular weight excluding hydrogens is 268 g/mol. The lowest BCUT2D eigenvalue weighted by atomic mass is 10.1. The molecule has 21 heavy (non-hydrogen) atoms. The predicted octanol–water partition coefficient (Wildman–Crippen LogP) is 1.65. The number of hydrogen-bond donors (Lipinski definition) is 3. The summed E-state index contributed by atoms with van der Waals surface area (Å²) in [5.41, 5.74) is 1.45. The Balaban J connectivity index is 2.00. The fourth-order valence-corrected chi connectivity index (χ4v) is 1.85. The standard InChI is InChI=1S/C16H16N2O3/c19-11-15(13-4-2-1-3-5-13)18-16(21)7-6-12-8-14(20)10-17-9-12/h1-10,15,19-20H,11H2,(H,18,21)/b7-6+. The molecule has 5 nitrogen and oxygen atoms in total. The topological polar surface area (TPSA) is 82.5 Å². The first-order valence-corrected chi connectivity index (χ1v) is 6.47. The van der Waals surface area contributed by atoms with Crippen LogP contribution in [0.4, 0.5) is 0 Å². The van der Waals surface area contributed by atoms with Crippen molar-refractivity contribution in [1.82, 2.24) is 10.3 Å². The molecule has 0 saturated heterocycles. The number of nitrogens with zero attached hydrogens (tertiary/aromatic N) is 1. The van der Waals surface area contributed by atoms with Gasteiger partial charge in [0, 0.05) is 12.3 Å². The summed E-state index contributed by atoms with van der Waals surface area (Å²) in [5.74, 6) is -0.295. The van der Waals surface area contributed by atoms with Crippen LogP contribution in [0, 0.1) is 0 Å². The Hall–Kier alpha value is -2.66. The quantitative estimate of drug-likeness (QED) is 0.729. The number of aromatic nitrogens is 1. The molecule has 108 valence electrons. The Bertz CT molecular complexity index is 626. The van der Waals surface area contributed by atoms with Crippen LogP contribution in [0.1, 0.15) is 17.2 Å². The zero-order valence-corrected chi connectivity index (χ0v) is 11.3. The van der Waals surface area contributed by atoms with Crippen molar-refractivity contribution < 1.29 is 15.0 Å². The molecule has 2 rings (SSSR count). The molecule has 0 spiro atoms. The lowest BCUT2D eigenvalue weighted by Crippen LogP contribution is -2.29. The minimum atomic E-state index is -0.453. The Morgan fingerprint density at radius 2 is 2.05 bits per heavy atom. The molecule has 5 heteroatoms. The lowest BCUT2D eigenvalue weighted by Gasteiger charge is -2.15. The number of carbonyl (C=O) groups is 1. The van der Waals surface area contributed by atoms with Crippen LogP contribution in [0.25, 0.3) is 6.08 Å². The summed E-state index contributed by atoms with van der Waals surface area (Å²) < 4.78 is 0. The van der Waals surface area contributed by atoms with Crippen LogP contribution in [0.5, 0.6) is 5.75 Å². The third-order valence-electron chi connectivity index (χ3n) is 2.87. The van der Waals surface area contributed by atoms with E-state index in [1.165, 1.54) is 24.5 Å². The second-order valence-corrected chi connectivity index (χ2v) is 4.46. The molecule has 1 amide bonds. The molecule has 2 aromatic rings. The van der Waals surface area contributed by atoms with Gasteiger partial charge in [0.2, 0.25) is 5.91 Å². The van der Waals surface area contributed by atoms with E-state index < -0.39 is 6.04 Å². The van der Waals surface area contributed by atoms with Crippen molar-refractivity contribution in [2.24, 2.45) is 0 Å². The summed E-state index contributed by atoms with van der Waals surface area (Å²) in [6, 6.07) is 10.3. The van der Waals surface area contributed by atoms with Crippen molar-refractivity contribution in [3.63, 3.8) is 0 Å². The van der Waals surface area contributed by atoms with Crippen LogP contribution in [0.2, 0.25) is 0 Å². The van der Waals surface area contributed by atoms with Crippen LogP contribution in [-0.4, -0.2) is 27.7 Å². The maximum Gasteiger partial charge on any atom is 0.244 e. The van der Waals surface area contributed by atoms with Gasteiger partial charge in [-0.3, -0.25) is 9.78 Å². The molecule has 0 fully saturated rings. The molecule has 1 aromatic heterocycles. The van der Waals surface area contributed by atoms with Crippen LogP contribution in [-0.2, 0) is 4.79 Å². The number of rotatable bonds is 5. The van der Waals surface area contributed by atoms with Crippen molar-refractivity contribution in [2.45, 2.75) is 6.04 Å². The number of benzene rings is 1. The van der Waals surface area contributed by atoms with Crippen LogP contribution >= 0.6 is 0 Å². The van der Waals surface area contributed by atoms with Crippen molar-refractivity contribution in [1.29, 1.82) is 0 Å². The van der Waals surface area contributed by atoms with Gasteiger partial charge in [0.1, 0.15) is 5.75 Å². The van der Waals surface area contributed by atoms with Crippen LogP contribution in [0.3, 0.4) is 0 Å². The zero-order chi connectivity index (χ0) is 15.1. The Morgan fingerprint density at radius 1 is 1.29 bits per heavy atom. The van der Waals surface area contributed by atoms with Gasteiger partial charge in [-0.15, -0.1) is 0 Å². The number of aliphatic hydroxyl groups is 1. The number of nitrogens with one attached hydrogen (secondary N) is 1. The summed E-state index contributed by atoms with van der Waals surface area (Å²) in [4.78, 5) is 15.7. The van der Waals surface area contributed by atoms with E-state index in [9.17, 15) is 15.0 Å². The number of aromatic hydroxyl groups is 1. The van der Waals surface area contributed by atoms with Crippen LogP contribution in [0.15, 0.2) is 54.9 Å². The summed E-state index contributed by atoms with van der Waals surface area (Å²) in [5, 5.41) is 21.4. The van der Waals surface area contributed by atoms with Gasteiger partial charge in [-0.1, -0.05) is 30.3 Å². The number of pyridine rings is 1. The maximum absolute atomic E-state index is 11.9. The number of hydrogen-bond acceptors (Lipinski definition) is 4. The highest BCUT2D eigenvalue weighted by molar-refractivity contribution is 5.92. The molecule has 1 atom stereocenters. The third kappa shape index (κ3) is 4.43. The summed E-state index contributed by atoms with van der Waals surface area (Å²) in [7, 11) is 0. The molecule has 3 N–H and O–H groups in total. The molecule has 0 saturated carbocycles. The lowest BCUT2D eigenvalue weighted by molar-refractivity contribution is -0.117. The van der Waals surface area contributed by atoms with Gasteiger partial charge in [-0.05, 0) is 23.3 Å². The van der Waals surface area contributed by atoms with Crippen molar-refractivity contribution in [3.05, 3.63) is 66.0 Å². The smallest absolute Gasteiger partial charge is 0.244 e. The van der Waals surface area contributed by atoms with E-state index in [4.69, 9.17) is 0 Å². The Morgan fingerprint density at radius 3 is 2.71 bits per heavy atom. The minimum Gasteiger partial charge on any atom is -0.506 e. The second kappa shape index (κ2) is 7.21. The molecule has 1 aromatic carbocycles. The molecule has 0 bridgehead atoms. The summed E-state index contributed by atoms with van der Waals surface area (Å²) in [6.45, 7) is -0.183. The Kier molecular flexibility index (Phi) is 5.06. The first-order valence-electron chi connectivity index (χ1n) is 6.47. The summed E-state index contributed by atoms with van der Waals surface area (Å²) >= 11 is 0. The predicted molar refractivity (Wildman–Crippen MR) is 79.3 cm³/mol.